The zero-order valence-corrected chi connectivity index (χ0v) is 14.9. The molecule has 0 saturated carbocycles. The quantitative estimate of drug-likeness (QED) is 0.786. The van der Waals surface area contributed by atoms with E-state index in [1.54, 1.807) is 11.3 Å². The van der Waals surface area contributed by atoms with Gasteiger partial charge in [-0.1, -0.05) is 45.0 Å². The summed E-state index contributed by atoms with van der Waals surface area (Å²) in [6.45, 7) is 6.75. The van der Waals surface area contributed by atoms with Gasteiger partial charge in [0.05, 0.1) is 0 Å². The number of hydrogen-bond acceptors (Lipinski definition) is 2. The SMILES string of the molecule is CNC(Cc1ccc(C(C)(C)C)cc1)c1cc(Br)cs1. The van der Waals surface area contributed by atoms with E-state index >= 15 is 0 Å². The van der Waals surface area contributed by atoms with Crippen LogP contribution in [-0.4, -0.2) is 7.05 Å². The summed E-state index contributed by atoms with van der Waals surface area (Å²) in [5.41, 5.74) is 2.99. The molecule has 20 heavy (non-hydrogen) atoms. The third-order valence-corrected chi connectivity index (χ3v) is 5.35. The fourth-order valence-corrected chi connectivity index (χ4v) is 3.79. The molecule has 1 aromatic heterocycles. The van der Waals surface area contributed by atoms with Gasteiger partial charge >= 0.3 is 0 Å². The van der Waals surface area contributed by atoms with Gasteiger partial charge in [0.25, 0.3) is 0 Å². The van der Waals surface area contributed by atoms with Crippen LogP contribution in [0.25, 0.3) is 0 Å². The van der Waals surface area contributed by atoms with Gasteiger partial charge in [0.15, 0.2) is 0 Å². The first-order valence-corrected chi connectivity index (χ1v) is 8.58. The summed E-state index contributed by atoms with van der Waals surface area (Å²) in [6.07, 6.45) is 1.02. The van der Waals surface area contributed by atoms with Crippen molar-refractivity contribution in [1.82, 2.24) is 5.32 Å². The van der Waals surface area contributed by atoms with Gasteiger partial charge in [-0.25, -0.2) is 0 Å². The van der Waals surface area contributed by atoms with E-state index in [9.17, 15) is 0 Å². The van der Waals surface area contributed by atoms with Crippen molar-refractivity contribution in [3.8, 4) is 0 Å². The number of rotatable bonds is 4. The molecule has 0 saturated heterocycles. The Kier molecular flexibility index (Phi) is 5.05. The molecule has 0 fully saturated rings. The molecule has 1 unspecified atom stereocenters. The summed E-state index contributed by atoms with van der Waals surface area (Å²) in [6, 6.07) is 11.6. The van der Waals surface area contributed by atoms with E-state index in [4.69, 9.17) is 0 Å². The average molecular weight is 352 g/mol. The highest BCUT2D eigenvalue weighted by atomic mass is 79.9. The summed E-state index contributed by atoms with van der Waals surface area (Å²) in [7, 11) is 2.03. The zero-order chi connectivity index (χ0) is 14.8. The van der Waals surface area contributed by atoms with E-state index < -0.39 is 0 Å². The van der Waals surface area contributed by atoms with E-state index in [0.29, 0.717) is 6.04 Å². The first kappa shape index (κ1) is 15.7. The van der Waals surface area contributed by atoms with E-state index in [2.05, 4.69) is 77.7 Å². The highest BCUT2D eigenvalue weighted by molar-refractivity contribution is 9.10. The minimum absolute atomic E-state index is 0.222. The first-order chi connectivity index (χ1) is 9.40. The van der Waals surface area contributed by atoms with Crippen LogP contribution in [0.3, 0.4) is 0 Å². The van der Waals surface area contributed by atoms with Gasteiger partial charge in [0.2, 0.25) is 0 Å². The molecule has 0 amide bonds. The number of benzene rings is 1. The van der Waals surface area contributed by atoms with Crippen LogP contribution in [-0.2, 0) is 11.8 Å². The fraction of sp³-hybridized carbons (Fsp3) is 0.412. The Hall–Kier alpha value is -0.640. The van der Waals surface area contributed by atoms with Crippen molar-refractivity contribution in [3.63, 3.8) is 0 Å². The van der Waals surface area contributed by atoms with Crippen LogP contribution < -0.4 is 5.32 Å². The topological polar surface area (TPSA) is 12.0 Å². The Labute approximate surface area is 134 Å². The number of thiophene rings is 1. The minimum Gasteiger partial charge on any atom is -0.312 e. The Bertz CT molecular complexity index is 551. The lowest BCUT2D eigenvalue weighted by Crippen LogP contribution is -2.18. The minimum atomic E-state index is 0.222. The maximum Gasteiger partial charge on any atom is 0.0453 e. The molecule has 0 bridgehead atoms. The standard InChI is InChI=1S/C17H22BrNS/c1-17(2,3)13-7-5-12(6-8-13)9-15(19-4)16-10-14(18)11-20-16/h5-8,10-11,15,19H,9H2,1-4H3. The Morgan fingerprint density at radius 1 is 1.20 bits per heavy atom. The van der Waals surface area contributed by atoms with Gasteiger partial charge in [0, 0.05) is 20.8 Å². The summed E-state index contributed by atoms with van der Waals surface area (Å²) in [5, 5.41) is 5.56. The number of nitrogens with one attached hydrogen (secondary N) is 1. The molecule has 1 N–H and O–H groups in total. The molecule has 2 aromatic rings. The molecule has 1 nitrogen and oxygen atoms in total. The van der Waals surface area contributed by atoms with Gasteiger partial charge in [-0.3, -0.25) is 0 Å². The van der Waals surface area contributed by atoms with E-state index in [1.165, 1.54) is 20.5 Å². The number of likely N-dealkylation sites (N-methyl/N-ethyl adjacent to an activating group) is 1. The molecule has 2 rings (SSSR count). The third-order valence-electron chi connectivity index (χ3n) is 3.54. The molecule has 1 heterocycles. The lowest BCUT2D eigenvalue weighted by molar-refractivity contribution is 0.586. The molecule has 1 aromatic carbocycles. The smallest absolute Gasteiger partial charge is 0.0453 e. The Morgan fingerprint density at radius 3 is 2.30 bits per heavy atom. The van der Waals surface area contributed by atoms with E-state index in [0.717, 1.165) is 6.42 Å². The van der Waals surface area contributed by atoms with Crippen LogP contribution >= 0.6 is 27.3 Å². The van der Waals surface area contributed by atoms with Gasteiger partial charge in [-0.15, -0.1) is 11.3 Å². The Balaban J connectivity index is 2.12. The van der Waals surface area contributed by atoms with Crippen LogP contribution in [0.5, 0.6) is 0 Å². The van der Waals surface area contributed by atoms with E-state index in [1.807, 2.05) is 7.05 Å². The molecule has 0 radical (unpaired) electrons. The molecule has 108 valence electrons. The highest BCUT2D eigenvalue weighted by Crippen LogP contribution is 2.28. The van der Waals surface area contributed by atoms with Gasteiger partial charge in [0.1, 0.15) is 0 Å². The molecular formula is C17H22BrNS. The lowest BCUT2D eigenvalue weighted by atomic mass is 9.86. The van der Waals surface area contributed by atoms with Gasteiger partial charge in [-0.2, -0.15) is 0 Å². The average Bonchev–Trinajstić information content (AvgIpc) is 2.82. The molecule has 0 spiro atoms. The van der Waals surface area contributed by atoms with Crippen LogP contribution in [0, 0.1) is 0 Å². The van der Waals surface area contributed by atoms with Crippen LogP contribution in [0.15, 0.2) is 40.2 Å². The molecule has 0 aliphatic heterocycles. The largest absolute Gasteiger partial charge is 0.312 e. The lowest BCUT2D eigenvalue weighted by Gasteiger charge is -2.20. The molecule has 0 aliphatic rings. The summed E-state index contributed by atoms with van der Waals surface area (Å²) >= 11 is 5.33. The highest BCUT2D eigenvalue weighted by Gasteiger charge is 2.15. The van der Waals surface area contributed by atoms with Crippen molar-refractivity contribution >= 4 is 27.3 Å². The van der Waals surface area contributed by atoms with Crippen molar-refractivity contribution in [3.05, 3.63) is 56.2 Å². The first-order valence-electron chi connectivity index (χ1n) is 6.91. The summed E-state index contributed by atoms with van der Waals surface area (Å²) in [4.78, 5) is 1.37. The zero-order valence-electron chi connectivity index (χ0n) is 12.5. The maximum atomic E-state index is 3.53. The Morgan fingerprint density at radius 2 is 1.85 bits per heavy atom. The normalized spacial score (nSPS) is 13.4. The van der Waals surface area contributed by atoms with Crippen molar-refractivity contribution in [2.75, 3.05) is 7.05 Å². The van der Waals surface area contributed by atoms with Crippen molar-refractivity contribution in [2.24, 2.45) is 0 Å². The van der Waals surface area contributed by atoms with Crippen molar-refractivity contribution < 1.29 is 0 Å². The predicted octanol–water partition coefficient (Wildman–Crippen LogP) is 5.31. The number of halogens is 1. The predicted molar refractivity (Wildman–Crippen MR) is 92.7 cm³/mol. The fourth-order valence-electron chi connectivity index (χ4n) is 2.23. The second-order valence-electron chi connectivity index (χ2n) is 6.16. The molecule has 3 heteroatoms. The van der Waals surface area contributed by atoms with Crippen molar-refractivity contribution in [1.29, 1.82) is 0 Å². The maximum absolute atomic E-state index is 3.53. The molecule has 1 atom stereocenters. The van der Waals surface area contributed by atoms with Crippen LogP contribution in [0.1, 0.15) is 42.8 Å². The summed E-state index contributed by atoms with van der Waals surface area (Å²) < 4.78 is 1.17. The van der Waals surface area contributed by atoms with E-state index in [-0.39, 0.29) is 5.41 Å². The monoisotopic (exact) mass is 351 g/mol. The molecule has 0 aliphatic carbocycles. The molecular weight excluding hydrogens is 330 g/mol. The van der Waals surface area contributed by atoms with Gasteiger partial charge < -0.3 is 5.32 Å². The second kappa shape index (κ2) is 6.42. The summed E-state index contributed by atoms with van der Waals surface area (Å²) in [5.74, 6) is 0. The third kappa shape index (κ3) is 3.94. The van der Waals surface area contributed by atoms with Crippen molar-refractivity contribution in [2.45, 2.75) is 38.6 Å². The van der Waals surface area contributed by atoms with Crippen LogP contribution in [0.4, 0.5) is 0 Å². The second-order valence-corrected chi connectivity index (χ2v) is 8.02. The number of hydrogen-bond donors (Lipinski definition) is 1. The van der Waals surface area contributed by atoms with Crippen LogP contribution in [0.2, 0.25) is 0 Å². The van der Waals surface area contributed by atoms with Gasteiger partial charge in [-0.05, 0) is 52.0 Å².